The van der Waals surface area contributed by atoms with E-state index in [1.54, 1.807) is 11.8 Å². The van der Waals surface area contributed by atoms with Gasteiger partial charge in [0.25, 0.3) is 5.91 Å². The minimum absolute atomic E-state index is 0.0357. The predicted molar refractivity (Wildman–Crippen MR) is 92.4 cm³/mol. The molecule has 0 bridgehead atoms. The highest BCUT2D eigenvalue weighted by molar-refractivity contribution is 14.1. The van der Waals surface area contributed by atoms with E-state index in [9.17, 15) is 4.79 Å². The van der Waals surface area contributed by atoms with E-state index in [2.05, 4.69) is 22.6 Å². The second-order valence-corrected chi connectivity index (χ2v) is 6.92. The molecule has 0 saturated carbocycles. The highest BCUT2D eigenvalue weighted by atomic mass is 127. The SMILES string of the molecule is Nc1ccc2c(c1)N(C(=O)c1ccc(I)cc1)CCS2. The molecule has 0 saturated heterocycles. The van der Waals surface area contributed by atoms with Crippen LogP contribution < -0.4 is 10.6 Å². The van der Waals surface area contributed by atoms with Gasteiger partial charge in [-0.3, -0.25) is 4.79 Å². The second-order valence-electron chi connectivity index (χ2n) is 4.54. The molecule has 5 heteroatoms. The van der Waals surface area contributed by atoms with Gasteiger partial charge in [-0.05, 0) is 65.1 Å². The highest BCUT2D eigenvalue weighted by Crippen LogP contribution is 2.36. The Hall–Kier alpha value is -1.21. The first kappa shape index (κ1) is 13.8. The van der Waals surface area contributed by atoms with E-state index < -0.39 is 0 Å². The first-order valence-electron chi connectivity index (χ1n) is 6.25. The van der Waals surface area contributed by atoms with Gasteiger partial charge in [0.2, 0.25) is 0 Å². The number of fused-ring (bicyclic) bond motifs is 1. The number of rotatable bonds is 1. The third-order valence-corrected chi connectivity index (χ3v) is 4.94. The van der Waals surface area contributed by atoms with Gasteiger partial charge in [-0.2, -0.15) is 0 Å². The topological polar surface area (TPSA) is 46.3 Å². The molecule has 0 atom stereocenters. The molecule has 0 radical (unpaired) electrons. The molecule has 2 aromatic rings. The molecule has 1 aliphatic rings. The van der Waals surface area contributed by atoms with E-state index in [-0.39, 0.29) is 5.91 Å². The van der Waals surface area contributed by atoms with Crippen molar-refractivity contribution in [3.63, 3.8) is 0 Å². The van der Waals surface area contributed by atoms with Crippen molar-refractivity contribution in [1.82, 2.24) is 0 Å². The molecule has 2 N–H and O–H groups in total. The summed E-state index contributed by atoms with van der Waals surface area (Å²) in [4.78, 5) is 15.6. The number of halogens is 1. The molecule has 0 fully saturated rings. The van der Waals surface area contributed by atoms with Crippen LogP contribution in [0.5, 0.6) is 0 Å². The number of carbonyl (C=O) groups is 1. The Morgan fingerprint density at radius 3 is 2.70 bits per heavy atom. The summed E-state index contributed by atoms with van der Waals surface area (Å²) in [7, 11) is 0. The van der Waals surface area contributed by atoms with Crippen molar-refractivity contribution in [2.24, 2.45) is 0 Å². The van der Waals surface area contributed by atoms with Gasteiger partial charge < -0.3 is 10.6 Å². The van der Waals surface area contributed by atoms with Gasteiger partial charge in [0.1, 0.15) is 0 Å². The molecule has 20 heavy (non-hydrogen) atoms. The van der Waals surface area contributed by atoms with Gasteiger partial charge in [-0.1, -0.05) is 0 Å². The van der Waals surface area contributed by atoms with Crippen LogP contribution in [0, 0.1) is 3.57 Å². The summed E-state index contributed by atoms with van der Waals surface area (Å²) in [6.07, 6.45) is 0. The van der Waals surface area contributed by atoms with E-state index >= 15 is 0 Å². The van der Waals surface area contributed by atoms with E-state index in [1.165, 1.54) is 0 Å². The van der Waals surface area contributed by atoms with E-state index in [0.717, 1.165) is 19.9 Å². The number of benzene rings is 2. The number of anilines is 2. The predicted octanol–water partition coefficient (Wildman–Crippen LogP) is 3.63. The van der Waals surface area contributed by atoms with Crippen LogP contribution in [0.4, 0.5) is 11.4 Å². The van der Waals surface area contributed by atoms with Crippen LogP contribution in [0.25, 0.3) is 0 Å². The quantitative estimate of drug-likeness (QED) is 0.592. The van der Waals surface area contributed by atoms with Crippen molar-refractivity contribution in [1.29, 1.82) is 0 Å². The number of nitrogen functional groups attached to an aromatic ring is 1. The standard InChI is InChI=1S/C15H13IN2OS/c16-11-3-1-10(2-4-11)15(19)18-7-8-20-14-6-5-12(17)9-13(14)18/h1-6,9H,7-8,17H2. The van der Waals surface area contributed by atoms with Gasteiger partial charge in [0, 0.05) is 32.0 Å². The lowest BCUT2D eigenvalue weighted by Crippen LogP contribution is -2.35. The molecule has 102 valence electrons. The third kappa shape index (κ3) is 2.64. The maximum atomic E-state index is 12.7. The Morgan fingerprint density at radius 1 is 1.20 bits per heavy atom. The molecular weight excluding hydrogens is 383 g/mol. The smallest absolute Gasteiger partial charge is 0.258 e. The fourth-order valence-electron chi connectivity index (χ4n) is 2.19. The van der Waals surface area contributed by atoms with Gasteiger partial charge in [0.15, 0.2) is 0 Å². The number of hydrogen-bond donors (Lipinski definition) is 1. The first-order chi connectivity index (χ1) is 9.65. The lowest BCUT2D eigenvalue weighted by atomic mass is 10.1. The molecule has 1 heterocycles. The molecule has 0 unspecified atom stereocenters. The lowest BCUT2D eigenvalue weighted by molar-refractivity contribution is 0.0987. The van der Waals surface area contributed by atoms with Crippen molar-refractivity contribution in [2.45, 2.75) is 4.90 Å². The zero-order chi connectivity index (χ0) is 14.1. The molecule has 3 nitrogen and oxygen atoms in total. The monoisotopic (exact) mass is 396 g/mol. The molecular formula is C15H13IN2OS. The number of amides is 1. The van der Waals surface area contributed by atoms with Crippen molar-refractivity contribution >= 4 is 51.6 Å². The van der Waals surface area contributed by atoms with Gasteiger partial charge >= 0.3 is 0 Å². The van der Waals surface area contributed by atoms with Crippen LogP contribution in [0.1, 0.15) is 10.4 Å². The number of nitrogens with zero attached hydrogens (tertiary/aromatic N) is 1. The molecule has 0 aliphatic carbocycles. The molecule has 0 aromatic heterocycles. The van der Waals surface area contributed by atoms with Gasteiger partial charge in [0.05, 0.1) is 5.69 Å². The summed E-state index contributed by atoms with van der Waals surface area (Å²) in [5, 5.41) is 0. The first-order valence-corrected chi connectivity index (χ1v) is 8.31. The molecule has 2 aromatic carbocycles. The van der Waals surface area contributed by atoms with Crippen LogP contribution in [0.3, 0.4) is 0 Å². The van der Waals surface area contributed by atoms with Crippen molar-refractivity contribution in [3.8, 4) is 0 Å². The average molecular weight is 396 g/mol. The summed E-state index contributed by atoms with van der Waals surface area (Å²) >= 11 is 4.00. The number of carbonyl (C=O) groups excluding carboxylic acids is 1. The lowest BCUT2D eigenvalue weighted by Gasteiger charge is -2.29. The fraction of sp³-hybridized carbons (Fsp3) is 0.133. The van der Waals surface area contributed by atoms with Crippen molar-refractivity contribution < 1.29 is 4.79 Å². The van der Waals surface area contributed by atoms with Crippen molar-refractivity contribution in [2.75, 3.05) is 22.9 Å². The van der Waals surface area contributed by atoms with E-state index in [1.807, 2.05) is 47.4 Å². The summed E-state index contributed by atoms with van der Waals surface area (Å²) in [5.41, 5.74) is 8.18. The van der Waals surface area contributed by atoms with Crippen LogP contribution in [0.2, 0.25) is 0 Å². The zero-order valence-corrected chi connectivity index (χ0v) is 13.6. The molecule has 0 spiro atoms. The number of hydrogen-bond acceptors (Lipinski definition) is 3. The number of thioether (sulfide) groups is 1. The van der Waals surface area contributed by atoms with Gasteiger partial charge in [-0.25, -0.2) is 0 Å². The van der Waals surface area contributed by atoms with Crippen molar-refractivity contribution in [3.05, 3.63) is 51.6 Å². The van der Waals surface area contributed by atoms with Crippen LogP contribution in [-0.2, 0) is 0 Å². The second kappa shape index (κ2) is 5.65. The Kier molecular flexibility index (Phi) is 3.89. The normalized spacial score (nSPS) is 13.9. The van der Waals surface area contributed by atoms with E-state index in [0.29, 0.717) is 17.8 Å². The third-order valence-electron chi connectivity index (χ3n) is 3.18. The van der Waals surface area contributed by atoms with Crippen LogP contribution >= 0.6 is 34.4 Å². The Balaban J connectivity index is 1.97. The van der Waals surface area contributed by atoms with Crippen LogP contribution in [0.15, 0.2) is 47.4 Å². The summed E-state index contributed by atoms with van der Waals surface area (Å²) in [6.45, 7) is 0.714. The Morgan fingerprint density at radius 2 is 1.95 bits per heavy atom. The Labute approximate surface area is 135 Å². The maximum Gasteiger partial charge on any atom is 0.258 e. The largest absolute Gasteiger partial charge is 0.399 e. The minimum Gasteiger partial charge on any atom is -0.399 e. The Bertz CT molecular complexity index is 657. The zero-order valence-electron chi connectivity index (χ0n) is 10.7. The summed E-state index contributed by atoms with van der Waals surface area (Å²) in [5.74, 6) is 0.945. The average Bonchev–Trinajstić information content (AvgIpc) is 2.46. The highest BCUT2D eigenvalue weighted by Gasteiger charge is 2.24. The minimum atomic E-state index is 0.0357. The van der Waals surface area contributed by atoms with Crippen LogP contribution in [-0.4, -0.2) is 18.2 Å². The fourth-order valence-corrected chi connectivity index (χ4v) is 3.53. The summed E-state index contributed by atoms with van der Waals surface area (Å²) in [6, 6.07) is 13.4. The molecule has 3 rings (SSSR count). The maximum absolute atomic E-state index is 12.7. The van der Waals surface area contributed by atoms with Gasteiger partial charge in [-0.15, -0.1) is 11.8 Å². The molecule has 1 aliphatic heterocycles. The van der Waals surface area contributed by atoms with E-state index in [4.69, 9.17) is 5.73 Å². The molecule has 1 amide bonds. The number of nitrogens with two attached hydrogens (primary N) is 1. The summed E-state index contributed by atoms with van der Waals surface area (Å²) < 4.78 is 1.12.